The average Bonchev–Trinajstić information content (AvgIpc) is 2.91. The molecule has 4 aromatic rings. The number of carbonyl (C=O) groups is 1. The molecule has 0 bridgehead atoms. The molecular formula is C30H32N2O6. The number of nitrogens with zero attached hydrogens (tertiary/aromatic N) is 2. The second-order valence-electron chi connectivity index (χ2n) is 8.84. The Bertz CT molecular complexity index is 1470. The molecule has 1 amide bonds. The van der Waals surface area contributed by atoms with Gasteiger partial charge in [-0.15, -0.1) is 0 Å². The summed E-state index contributed by atoms with van der Waals surface area (Å²) in [6, 6.07) is 16.1. The van der Waals surface area contributed by atoms with E-state index in [0.717, 1.165) is 22.1 Å². The Morgan fingerprint density at radius 1 is 0.921 bits per heavy atom. The minimum atomic E-state index is -1.05. The van der Waals surface area contributed by atoms with Crippen molar-refractivity contribution in [2.75, 3.05) is 25.7 Å². The highest BCUT2D eigenvalue weighted by atomic mass is 16.5. The fourth-order valence-electron chi connectivity index (χ4n) is 4.53. The zero-order valence-electron chi connectivity index (χ0n) is 22.4. The summed E-state index contributed by atoms with van der Waals surface area (Å²) >= 11 is 0. The van der Waals surface area contributed by atoms with Crippen LogP contribution in [0.15, 0.2) is 60.8 Å². The van der Waals surface area contributed by atoms with Crippen molar-refractivity contribution in [2.24, 2.45) is 0 Å². The number of para-hydroxylation sites is 1. The van der Waals surface area contributed by atoms with E-state index < -0.39 is 12.1 Å². The van der Waals surface area contributed by atoms with E-state index in [2.05, 4.69) is 4.98 Å². The van der Waals surface area contributed by atoms with E-state index >= 15 is 0 Å². The lowest BCUT2D eigenvalue weighted by molar-refractivity contribution is 0.199. The summed E-state index contributed by atoms with van der Waals surface area (Å²) in [4.78, 5) is 18.3. The second-order valence-corrected chi connectivity index (χ2v) is 8.84. The van der Waals surface area contributed by atoms with Gasteiger partial charge in [0.25, 0.3) is 0 Å². The van der Waals surface area contributed by atoms with E-state index in [-0.39, 0.29) is 0 Å². The van der Waals surface area contributed by atoms with Crippen LogP contribution in [0, 0.1) is 13.8 Å². The monoisotopic (exact) mass is 516 g/mol. The Morgan fingerprint density at radius 3 is 2.32 bits per heavy atom. The van der Waals surface area contributed by atoms with Gasteiger partial charge in [-0.25, -0.2) is 4.79 Å². The molecule has 1 unspecified atom stereocenters. The first kappa shape index (κ1) is 26.6. The molecule has 0 radical (unpaired) electrons. The molecule has 0 spiro atoms. The van der Waals surface area contributed by atoms with Gasteiger partial charge in [0, 0.05) is 23.2 Å². The number of aryl methyl sites for hydroxylation is 2. The summed E-state index contributed by atoms with van der Waals surface area (Å²) in [6.07, 6.45) is 0.616. The molecule has 198 valence electrons. The summed E-state index contributed by atoms with van der Waals surface area (Å²) in [5, 5.41) is 11.0. The first-order valence-electron chi connectivity index (χ1n) is 12.3. The molecule has 0 aliphatic heterocycles. The van der Waals surface area contributed by atoms with Crippen molar-refractivity contribution in [2.45, 2.75) is 33.7 Å². The topological polar surface area (TPSA) is 90.4 Å². The molecule has 3 aromatic carbocycles. The predicted molar refractivity (Wildman–Crippen MR) is 147 cm³/mol. The Labute approximate surface area is 222 Å². The van der Waals surface area contributed by atoms with Crippen molar-refractivity contribution < 1.29 is 28.8 Å². The van der Waals surface area contributed by atoms with E-state index in [1.165, 1.54) is 4.90 Å². The molecule has 1 atom stereocenters. The molecule has 0 saturated heterocycles. The lowest BCUT2D eigenvalue weighted by Gasteiger charge is -2.30. The van der Waals surface area contributed by atoms with Crippen LogP contribution in [0.4, 0.5) is 10.5 Å². The van der Waals surface area contributed by atoms with Crippen LogP contribution in [-0.4, -0.2) is 37.0 Å². The van der Waals surface area contributed by atoms with E-state index in [1.807, 2.05) is 70.2 Å². The number of ether oxygens (including phenoxy) is 4. The smallest absolute Gasteiger partial charge is 0.412 e. The summed E-state index contributed by atoms with van der Waals surface area (Å²) in [6.45, 7) is 8.02. The molecule has 1 N–H and O–H groups in total. The molecular weight excluding hydrogens is 484 g/mol. The largest absolute Gasteiger partial charge is 0.494 e. The molecule has 0 fully saturated rings. The second kappa shape index (κ2) is 11.3. The number of anilines is 1. The minimum absolute atomic E-state index is 0.480. The van der Waals surface area contributed by atoms with Crippen molar-refractivity contribution in [3.63, 3.8) is 0 Å². The molecule has 38 heavy (non-hydrogen) atoms. The third kappa shape index (κ3) is 5.16. The molecule has 1 heterocycles. The summed E-state index contributed by atoms with van der Waals surface area (Å²) in [5.41, 5.74) is 3.61. The Hall–Kier alpha value is -4.46. The molecule has 1 aromatic heterocycles. The van der Waals surface area contributed by atoms with Crippen molar-refractivity contribution in [1.82, 2.24) is 4.98 Å². The van der Waals surface area contributed by atoms with Crippen molar-refractivity contribution in [3.05, 3.63) is 77.5 Å². The third-order valence-electron chi connectivity index (χ3n) is 6.44. The molecule has 4 rings (SSSR count). The summed E-state index contributed by atoms with van der Waals surface area (Å²) in [7, 11) is 3.16. The van der Waals surface area contributed by atoms with Crippen LogP contribution in [0.2, 0.25) is 0 Å². The molecule has 0 aliphatic rings. The van der Waals surface area contributed by atoms with Crippen LogP contribution in [-0.2, 0) is 0 Å². The lowest BCUT2D eigenvalue weighted by atomic mass is 10.0. The number of hydrogen-bond acceptors (Lipinski definition) is 6. The maximum absolute atomic E-state index is 12.5. The number of benzene rings is 3. The maximum Gasteiger partial charge on any atom is 0.412 e. The Kier molecular flexibility index (Phi) is 7.90. The SMILES string of the molecule is CCOc1ccccc1C(C)N(C(=O)O)c1cc(C)c(Oc2ccnc3cc(OC)c(OC)cc23)cc1C. The first-order chi connectivity index (χ1) is 18.3. The van der Waals surface area contributed by atoms with Crippen molar-refractivity contribution in [3.8, 4) is 28.7 Å². The Morgan fingerprint density at radius 2 is 1.63 bits per heavy atom. The zero-order chi connectivity index (χ0) is 27.4. The highest BCUT2D eigenvalue weighted by Crippen LogP contribution is 2.40. The van der Waals surface area contributed by atoms with Gasteiger partial charge in [-0.3, -0.25) is 9.88 Å². The quantitative estimate of drug-likeness (QED) is 0.249. The molecule has 0 aliphatic carbocycles. The van der Waals surface area contributed by atoms with Gasteiger partial charge in [-0.1, -0.05) is 18.2 Å². The van der Waals surface area contributed by atoms with Gasteiger partial charge in [-0.2, -0.15) is 0 Å². The maximum atomic E-state index is 12.5. The zero-order valence-corrected chi connectivity index (χ0v) is 22.4. The average molecular weight is 517 g/mol. The van der Waals surface area contributed by atoms with Gasteiger partial charge in [0.1, 0.15) is 17.2 Å². The van der Waals surface area contributed by atoms with Crippen LogP contribution in [0.1, 0.15) is 36.6 Å². The van der Waals surface area contributed by atoms with Crippen LogP contribution in [0.5, 0.6) is 28.7 Å². The van der Waals surface area contributed by atoms with Gasteiger partial charge in [0.05, 0.1) is 38.1 Å². The van der Waals surface area contributed by atoms with E-state index in [0.29, 0.717) is 46.6 Å². The van der Waals surface area contributed by atoms with Crippen LogP contribution < -0.4 is 23.8 Å². The number of carboxylic acid groups (broad SMARTS) is 1. The number of rotatable bonds is 9. The third-order valence-corrected chi connectivity index (χ3v) is 6.44. The summed E-state index contributed by atoms with van der Waals surface area (Å²) in [5.74, 6) is 3.02. The molecule has 0 saturated carbocycles. The van der Waals surface area contributed by atoms with Gasteiger partial charge in [0.15, 0.2) is 11.5 Å². The fourth-order valence-corrected chi connectivity index (χ4v) is 4.53. The standard InChI is InChI=1S/C30H32N2O6/c1-7-37-25-11-9-8-10-21(25)20(4)32(30(33)34)24-14-19(3)27(15-18(24)2)38-26-12-13-31-23-17-29(36-6)28(35-5)16-22(23)26/h8-17,20H,7H2,1-6H3,(H,33,34). The normalized spacial score (nSPS) is 11.6. The highest BCUT2D eigenvalue weighted by Gasteiger charge is 2.27. The fraction of sp³-hybridized carbons (Fsp3) is 0.267. The van der Waals surface area contributed by atoms with Gasteiger partial charge in [0.2, 0.25) is 0 Å². The van der Waals surface area contributed by atoms with Crippen LogP contribution >= 0.6 is 0 Å². The van der Waals surface area contributed by atoms with Gasteiger partial charge in [-0.05, 0) is 69.2 Å². The number of amides is 1. The molecule has 8 heteroatoms. The number of fused-ring (bicyclic) bond motifs is 1. The Balaban J connectivity index is 1.73. The lowest BCUT2D eigenvalue weighted by Crippen LogP contribution is -2.33. The number of methoxy groups -OCH3 is 2. The summed E-state index contributed by atoms with van der Waals surface area (Å²) < 4.78 is 23.0. The van der Waals surface area contributed by atoms with Crippen molar-refractivity contribution in [1.29, 1.82) is 0 Å². The van der Waals surface area contributed by atoms with Crippen LogP contribution in [0.25, 0.3) is 10.9 Å². The first-order valence-corrected chi connectivity index (χ1v) is 12.3. The number of aromatic nitrogens is 1. The van der Waals surface area contributed by atoms with Gasteiger partial charge < -0.3 is 24.1 Å². The predicted octanol–water partition coefficient (Wildman–Crippen LogP) is 7.31. The van der Waals surface area contributed by atoms with E-state index in [1.54, 1.807) is 32.5 Å². The minimum Gasteiger partial charge on any atom is -0.494 e. The van der Waals surface area contributed by atoms with Crippen LogP contribution in [0.3, 0.4) is 0 Å². The van der Waals surface area contributed by atoms with Gasteiger partial charge >= 0.3 is 6.09 Å². The number of hydrogen-bond donors (Lipinski definition) is 1. The van der Waals surface area contributed by atoms with E-state index in [4.69, 9.17) is 18.9 Å². The number of pyridine rings is 1. The van der Waals surface area contributed by atoms with E-state index in [9.17, 15) is 9.90 Å². The van der Waals surface area contributed by atoms with Crippen molar-refractivity contribution >= 4 is 22.7 Å². The highest BCUT2D eigenvalue weighted by molar-refractivity contribution is 5.90. The molecule has 8 nitrogen and oxygen atoms in total.